The fourth-order valence-corrected chi connectivity index (χ4v) is 3.02. The van der Waals surface area contributed by atoms with E-state index in [4.69, 9.17) is 4.74 Å². The van der Waals surface area contributed by atoms with Gasteiger partial charge in [0, 0.05) is 31.1 Å². The van der Waals surface area contributed by atoms with E-state index in [9.17, 15) is 4.79 Å². The smallest absolute Gasteiger partial charge is 0.226 e. The van der Waals surface area contributed by atoms with Crippen LogP contribution in [-0.2, 0) is 11.8 Å². The number of carbonyl (C=O) groups excluding carboxylic acids is 1. The van der Waals surface area contributed by atoms with Crippen LogP contribution < -0.4 is 10.1 Å². The highest BCUT2D eigenvalue weighted by Gasteiger charge is 2.30. The molecule has 1 amide bonds. The summed E-state index contributed by atoms with van der Waals surface area (Å²) >= 11 is 0. The molecule has 110 valence electrons. The highest BCUT2D eigenvalue weighted by Crippen LogP contribution is 2.39. The van der Waals surface area contributed by atoms with Crippen molar-refractivity contribution in [1.29, 1.82) is 0 Å². The Morgan fingerprint density at radius 2 is 2.05 bits per heavy atom. The molecule has 5 nitrogen and oxygen atoms in total. The van der Waals surface area contributed by atoms with Crippen LogP contribution in [0.4, 0.5) is 5.82 Å². The summed E-state index contributed by atoms with van der Waals surface area (Å²) in [4.78, 5) is 12.0. The van der Waals surface area contributed by atoms with Gasteiger partial charge in [-0.15, -0.1) is 0 Å². The first kappa shape index (κ1) is 13.7. The van der Waals surface area contributed by atoms with Crippen LogP contribution in [0.25, 0.3) is 0 Å². The van der Waals surface area contributed by atoms with E-state index in [1.165, 1.54) is 0 Å². The lowest BCUT2D eigenvalue weighted by atomic mass is 9.84. The molecule has 0 radical (unpaired) electrons. The maximum atomic E-state index is 12.0. The van der Waals surface area contributed by atoms with Gasteiger partial charge in [0.25, 0.3) is 0 Å². The number of anilines is 1. The number of fused-ring (bicyclic) bond motifs is 1. The summed E-state index contributed by atoms with van der Waals surface area (Å²) in [5.74, 6) is 1.61. The van der Waals surface area contributed by atoms with Crippen molar-refractivity contribution in [2.24, 2.45) is 7.05 Å². The van der Waals surface area contributed by atoms with Gasteiger partial charge < -0.3 is 10.1 Å². The minimum absolute atomic E-state index is 0.0130. The summed E-state index contributed by atoms with van der Waals surface area (Å²) in [6, 6.07) is 4.15. The highest BCUT2D eigenvalue weighted by atomic mass is 16.5. The van der Waals surface area contributed by atoms with E-state index in [1.807, 2.05) is 26.2 Å². The largest absolute Gasteiger partial charge is 0.496 e. The highest BCUT2D eigenvalue weighted by molar-refractivity contribution is 5.94. The first-order chi connectivity index (χ1) is 9.99. The van der Waals surface area contributed by atoms with E-state index in [0.29, 0.717) is 12.2 Å². The maximum Gasteiger partial charge on any atom is 0.226 e. The molecule has 1 N–H and O–H groups in total. The second-order valence-corrected chi connectivity index (χ2v) is 5.59. The summed E-state index contributed by atoms with van der Waals surface area (Å²) in [6.45, 7) is 4.08. The zero-order chi connectivity index (χ0) is 15.1. The third-order valence-electron chi connectivity index (χ3n) is 4.04. The van der Waals surface area contributed by atoms with Gasteiger partial charge in [0.2, 0.25) is 5.91 Å². The Hall–Kier alpha value is -2.30. The van der Waals surface area contributed by atoms with Gasteiger partial charge in [-0.05, 0) is 36.6 Å². The van der Waals surface area contributed by atoms with Crippen molar-refractivity contribution >= 4 is 11.7 Å². The van der Waals surface area contributed by atoms with Crippen LogP contribution >= 0.6 is 0 Å². The Kier molecular flexibility index (Phi) is 3.20. The summed E-state index contributed by atoms with van der Waals surface area (Å²) in [5.41, 5.74) is 4.45. The molecular formula is C16H19N3O2. The first-order valence-corrected chi connectivity index (χ1v) is 6.98. The lowest BCUT2D eigenvalue weighted by Crippen LogP contribution is -2.23. The average Bonchev–Trinajstić information content (AvgIpc) is 2.80. The molecule has 0 saturated heterocycles. The number of aromatic nitrogens is 2. The van der Waals surface area contributed by atoms with Gasteiger partial charge >= 0.3 is 0 Å². The van der Waals surface area contributed by atoms with Crippen LogP contribution in [0.2, 0.25) is 0 Å². The second kappa shape index (κ2) is 4.91. The number of hydrogen-bond donors (Lipinski definition) is 1. The molecule has 5 heteroatoms. The van der Waals surface area contributed by atoms with Gasteiger partial charge in [-0.2, -0.15) is 5.10 Å². The molecule has 1 unspecified atom stereocenters. The predicted octanol–water partition coefficient (Wildman–Crippen LogP) is 2.52. The lowest BCUT2D eigenvalue weighted by Gasteiger charge is -2.24. The molecule has 1 aliphatic rings. The molecule has 0 saturated carbocycles. The summed E-state index contributed by atoms with van der Waals surface area (Å²) < 4.78 is 7.11. The normalized spacial score (nSPS) is 17.3. The summed E-state index contributed by atoms with van der Waals surface area (Å²) in [6.07, 6.45) is 2.43. The third-order valence-corrected chi connectivity index (χ3v) is 4.04. The molecule has 2 heterocycles. The van der Waals surface area contributed by atoms with Gasteiger partial charge in [-0.3, -0.25) is 9.48 Å². The van der Waals surface area contributed by atoms with Crippen molar-refractivity contribution in [1.82, 2.24) is 9.78 Å². The number of carbonyl (C=O) groups is 1. The molecule has 1 aromatic carbocycles. The number of aryl methyl sites for hydroxylation is 3. The number of rotatable bonds is 2. The Labute approximate surface area is 123 Å². The third kappa shape index (κ3) is 2.28. The molecule has 0 fully saturated rings. The van der Waals surface area contributed by atoms with Crippen LogP contribution in [0, 0.1) is 13.8 Å². The minimum Gasteiger partial charge on any atom is -0.496 e. The standard InChI is InChI=1S/C16H19N3O2/c1-9-6-14(21-4)10(2)5-11(9)12-7-15(20)17-16-13(12)8-19(3)18-16/h5-6,8,12H,7H2,1-4H3,(H,17,18,20). The monoisotopic (exact) mass is 285 g/mol. The van der Waals surface area contributed by atoms with Gasteiger partial charge in [-0.25, -0.2) is 0 Å². The van der Waals surface area contributed by atoms with E-state index in [2.05, 4.69) is 23.4 Å². The second-order valence-electron chi connectivity index (χ2n) is 5.59. The summed E-state index contributed by atoms with van der Waals surface area (Å²) in [7, 11) is 3.54. The quantitative estimate of drug-likeness (QED) is 0.922. The van der Waals surface area contributed by atoms with Crippen LogP contribution in [0.1, 0.15) is 34.6 Å². The molecule has 1 atom stereocenters. The van der Waals surface area contributed by atoms with Crippen molar-refractivity contribution in [2.75, 3.05) is 12.4 Å². The number of amides is 1. The SMILES string of the molecule is COc1cc(C)c(C2CC(=O)Nc3nn(C)cc32)cc1C. The van der Waals surface area contributed by atoms with Gasteiger partial charge in [-0.1, -0.05) is 6.07 Å². The zero-order valence-corrected chi connectivity index (χ0v) is 12.7. The Morgan fingerprint density at radius 3 is 2.76 bits per heavy atom. The lowest BCUT2D eigenvalue weighted by molar-refractivity contribution is -0.116. The molecule has 0 bridgehead atoms. The number of nitrogens with one attached hydrogen (secondary N) is 1. The van der Waals surface area contributed by atoms with E-state index < -0.39 is 0 Å². The average molecular weight is 285 g/mol. The molecular weight excluding hydrogens is 266 g/mol. The minimum atomic E-state index is 0.0130. The van der Waals surface area contributed by atoms with Crippen molar-refractivity contribution in [3.63, 3.8) is 0 Å². The molecule has 0 spiro atoms. The van der Waals surface area contributed by atoms with Crippen molar-refractivity contribution in [3.05, 3.63) is 40.6 Å². The molecule has 2 aromatic rings. The number of nitrogens with zero attached hydrogens (tertiary/aromatic N) is 2. The molecule has 3 rings (SSSR count). The van der Waals surface area contributed by atoms with Crippen molar-refractivity contribution in [2.45, 2.75) is 26.2 Å². The molecule has 1 aliphatic heterocycles. The molecule has 21 heavy (non-hydrogen) atoms. The summed E-state index contributed by atoms with van der Waals surface area (Å²) in [5, 5.41) is 7.16. The number of ether oxygens (including phenoxy) is 1. The Bertz CT molecular complexity index is 719. The molecule has 0 aliphatic carbocycles. The number of benzene rings is 1. The maximum absolute atomic E-state index is 12.0. The fourth-order valence-electron chi connectivity index (χ4n) is 3.02. The van der Waals surface area contributed by atoms with E-state index in [-0.39, 0.29) is 11.8 Å². The van der Waals surface area contributed by atoms with Gasteiger partial charge in [0.1, 0.15) is 5.75 Å². The zero-order valence-electron chi connectivity index (χ0n) is 12.7. The number of methoxy groups -OCH3 is 1. The van der Waals surface area contributed by atoms with Crippen molar-refractivity contribution < 1.29 is 9.53 Å². The number of hydrogen-bond acceptors (Lipinski definition) is 3. The van der Waals surface area contributed by atoms with Crippen LogP contribution in [0.15, 0.2) is 18.3 Å². The van der Waals surface area contributed by atoms with Gasteiger partial charge in [0.15, 0.2) is 5.82 Å². The predicted molar refractivity (Wildman–Crippen MR) is 80.8 cm³/mol. The fraction of sp³-hybridized carbons (Fsp3) is 0.375. The Balaban J connectivity index is 2.12. The van der Waals surface area contributed by atoms with Crippen LogP contribution in [-0.4, -0.2) is 22.8 Å². The topological polar surface area (TPSA) is 56.1 Å². The van der Waals surface area contributed by atoms with E-state index in [0.717, 1.165) is 28.0 Å². The van der Waals surface area contributed by atoms with Crippen LogP contribution in [0.5, 0.6) is 5.75 Å². The van der Waals surface area contributed by atoms with Gasteiger partial charge in [0.05, 0.1) is 7.11 Å². The van der Waals surface area contributed by atoms with E-state index in [1.54, 1.807) is 11.8 Å². The first-order valence-electron chi connectivity index (χ1n) is 6.98. The van der Waals surface area contributed by atoms with Crippen LogP contribution in [0.3, 0.4) is 0 Å². The molecule has 1 aromatic heterocycles. The van der Waals surface area contributed by atoms with Crippen molar-refractivity contribution in [3.8, 4) is 5.75 Å². The Morgan fingerprint density at radius 1 is 1.29 bits per heavy atom. The van der Waals surface area contributed by atoms with E-state index >= 15 is 0 Å².